The highest BCUT2D eigenvalue weighted by Gasteiger charge is 2.31. The summed E-state index contributed by atoms with van der Waals surface area (Å²) in [5.41, 5.74) is 1.85. The van der Waals surface area contributed by atoms with Crippen molar-refractivity contribution in [2.75, 3.05) is 0 Å². The summed E-state index contributed by atoms with van der Waals surface area (Å²) in [6.07, 6.45) is -1.63. The standard InChI is InChI=1S/C16H12O4/c17-13(18)8-9-4-3-7-12-14(9)16(20)11-6-2-1-5-10(11)15(12)19/h1-7,13,17-18H,8H2. The van der Waals surface area contributed by atoms with Gasteiger partial charge in [-0.1, -0.05) is 42.5 Å². The largest absolute Gasteiger partial charge is 0.368 e. The van der Waals surface area contributed by atoms with Gasteiger partial charge in [-0.25, -0.2) is 0 Å². The van der Waals surface area contributed by atoms with Crippen molar-refractivity contribution in [2.45, 2.75) is 12.7 Å². The lowest BCUT2D eigenvalue weighted by atomic mass is 9.81. The number of benzene rings is 2. The van der Waals surface area contributed by atoms with Crippen LogP contribution in [0.4, 0.5) is 0 Å². The molecule has 4 heteroatoms. The van der Waals surface area contributed by atoms with E-state index in [1.54, 1.807) is 42.5 Å². The number of ketones is 2. The average Bonchev–Trinajstić information content (AvgIpc) is 2.44. The summed E-state index contributed by atoms with van der Waals surface area (Å²) in [5.74, 6) is -0.448. The smallest absolute Gasteiger partial charge is 0.194 e. The molecule has 3 rings (SSSR count). The van der Waals surface area contributed by atoms with Gasteiger partial charge < -0.3 is 10.2 Å². The van der Waals surface area contributed by atoms with Gasteiger partial charge in [-0.3, -0.25) is 9.59 Å². The van der Waals surface area contributed by atoms with Crippen molar-refractivity contribution in [1.82, 2.24) is 0 Å². The van der Waals surface area contributed by atoms with Crippen LogP contribution in [0.5, 0.6) is 0 Å². The van der Waals surface area contributed by atoms with E-state index in [4.69, 9.17) is 10.2 Å². The Labute approximate surface area is 115 Å². The van der Waals surface area contributed by atoms with Crippen molar-refractivity contribution in [3.63, 3.8) is 0 Å². The lowest BCUT2D eigenvalue weighted by Gasteiger charge is -2.20. The van der Waals surface area contributed by atoms with Crippen LogP contribution in [-0.2, 0) is 6.42 Å². The molecule has 0 atom stereocenters. The number of rotatable bonds is 2. The van der Waals surface area contributed by atoms with Gasteiger partial charge in [0.25, 0.3) is 0 Å². The summed E-state index contributed by atoms with van der Waals surface area (Å²) in [6.45, 7) is 0. The monoisotopic (exact) mass is 268 g/mol. The zero-order valence-electron chi connectivity index (χ0n) is 10.5. The van der Waals surface area contributed by atoms with Crippen LogP contribution in [0.2, 0.25) is 0 Å². The number of hydrogen-bond acceptors (Lipinski definition) is 4. The summed E-state index contributed by atoms with van der Waals surface area (Å²) in [4.78, 5) is 25.0. The van der Waals surface area contributed by atoms with E-state index in [9.17, 15) is 9.59 Å². The Balaban J connectivity index is 2.23. The van der Waals surface area contributed by atoms with Gasteiger partial charge in [-0.15, -0.1) is 0 Å². The molecule has 2 aromatic rings. The normalized spacial score (nSPS) is 13.3. The highest BCUT2D eigenvalue weighted by Crippen LogP contribution is 2.29. The minimum atomic E-state index is -1.55. The van der Waals surface area contributed by atoms with E-state index in [-0.39, 0.29) is 23.6 Å². The Morgan fingerprint density at radius 1 is 0.800 bits per heavy atom. The van der Waals surface area contributed by atoms with Crippen molar-refractivity contribution < 1.29 is 19.8 Å². The molecular formula is C16H12O4. The van der Waals surface area contributed by atoms with Crippen molar-refractivity contribution in [3.05, 3.63) is 70.3 Å². The van der Waals surface area contributed by atoms with E-state index in [1.165, 1.54) is 0 Å². The maximum atomic E-state index is 12.5. The number of carbonyl (C=O) groups excluding carboxylic acids is 2. The third-order valence-corrected chi connectivity index (χ3v) is 3.44. The van der Waals surface area contributed by atoms with Crippen LogP contribution in [0.15, 0.2) is 42.5 Å². The van der Waals surface area contributed by atoms with Gasteiger partial charge in [0, 0.05) is 28.7 Å². The molecule has 100 valence electrons. The summed E-state index contributed by atoms with van der Waals surface area (Å²) >= 11 is 0. The molecule has 0 fully saturated rings. The third-order valence-electron chi connectivity index (χ3n) is 3.44. The second kappa shape index (κ2) is 4.67. The predicted molar refractivity (Wildman–Crippen MR) is 71.7 cm³/mol. The molecule has 0 saturated heterocycles. The van der Waals surface area contributed by atoms with E-state index in [0.717, 1.165) is 0 Å². The fraction of sp³-hybridized carbons (Fsp3) is 0.125. The summed E-state index contributed by atoms with van der Waals surface area (Å²) in [7, 11) is 0. The molecule has 0 bridgehead atoms. The molecule has 0 spiro atoms. The second-order valence-electron chi connectivity index (χ2n) is 4.73. The van der Waals surface area contributed by atoms with Crippen molar-refractivity contribution >= 4 is 11.6 Å². The van der Waals surface area contributed by atoms with Crippen LogP contribution in [0, 0.1) is 0 Å². The number of hydrogen-bond donors (Lipinski definition) is 2. The van der Waals surface area contributed by atoms with Crippen LogP contribution in [-0.4, -0.2) is 28.1 Å². The Hall–Kier alpha value is -2.30. The Bertz CT molecular complexity index is 716. The lowest BCUT2D eigenvalue weighted by molar-refractivity contribution is -0.0382. The summed E-state index contributed by atoms with van der Waals surface area (Å²) in [6, 6.07) is 11.6. The summed E-state index contributed by atoms with van der Waals surface area (Å²) in [5, 5.41) is 18.2. The highest BCUT2D eigenvalue weighted by molar-refractivity contribution is 6.28. The first-order valence-electron chi connectivity index (χ1n) is 6.26. The van der Waals surface area contributed by atoms with Gasteiger partial charge in [-0.05, 0) is 5.56 Å². The molecule has 0 aliphatic heterocycles. The molecule has 0 aromatic heterocycles. The first-order valence-corrected chi connectivity index (χ1v) is 6.26. The van der Waals surface area contributed by atoms with Crippen LogP contribution >= 0.6 is 0 Å². The second-order valence-corrected chi connectivity index (χ2v) is 4.73. The van der Waals surface area contributed by atoms with E-state index in [2.05, 4.69) is 0 Å². The third kappa shape index (κ3) is 1.86. The summed E-state index contributed by atoms with van der Waals surface area (Å²) < 4.78 is 0. The highest BCUT2D eigenvalue weighted by atomic mass is 16.5. The molecule has 1 aliphatic carbocycles. The van der Waals surface area contributed by atoms with Gasteiger partial charge in [0.1, 0.15) is 0 Å². The minimum absolute atomic E-state index is 0.0790. The van der Waals surface area contributed by atoms with Gasteiger partial charge in [-0.2, -0.15) is 0 Å². The maximum Gasteiger partial charge on any atom is 0.194 e. The zero-order chi connectivity index (χ0) is 14.3. The first-order chi connectivity index (χ1) is 9.59. The van der Waals surface area contributed by atoms with Gasteiger partial charge in [0.05, 0.1) is 0 Å². The molecular weight excluding hydrogens is 256 g/mol. The van der Waals surface area contributed by atoms with Crippen LogP contribution in [0.3, 0.4) is 0 Å². The molecule has 0 saturated carbocycles. The van der Waals surface area contributed by atoms with Gasteiger partial charge >= 0.3 is 0 Å². The molecule has 20 heavy (non-hydrogen) atoms. The number of fused-ring (bicyclic) bond motifs is 2. The number of aliphatic hydroxyl groups excluding tert-OH is 1. The Kier molecular flexibility index (Phi) is 2.97. The Morgan fingerprint density at radius 3 is 2.05 bits per heavy atom. The van der Waals surface area contributed by atoms with Crippen LogP contribution in [0.1, 0.15) is 37.4 Å². The van der Waals surface area contributed by atoms with Crippen LogP contribution < -0.4 is 0 Å². The molecule has 1 aliphatic rings. The molecule has 2 aromatic carbocycles. The molecule has 0 amide bonds. The molecule has 4 nitrogen and oxygen atoms in total. The number of carbonyl (C=O) groups is 2. The molecule has 0 unspecified atom stereocenters. The van der Waals surface area contributed by atoms with E-state index >= 15 is 0 Å². The lowest BCUT2D eigenvalue weighted by Crippen LogP contribution is -2.23. The fourth-order valence-electron chi connectivity index (χ4n) is 2.58. The fourth-order valence-corrected chi connectivity index (χ4v) is 2.58. The quantitative estimate of drug-likeness (QED) is 0.687. The molecule has 2 N–H and O–H groups in total. The van der Waals surface area contributed by atoms with E-state index in [1.807, 2.05) is 0 Å². The average molecular weight is 268 g/mol. The van der Waals surface area contributed by atoms with Crippen molar-refractivity contribution in [1.29, 1.82) is 0 Å². The first kappa shape index (κ1) is 12.7. The van der Waals surface area contributed by atoms with E-state index in [0.29, 0.717) is 22.3 Å². The van der Waals surface area contributed by atoms with E-state index < -0.39 is 6.29 Å². The topological polar surface area (TPSA) is 74.6 Å². The van der Waals surface area contributed by atoms with Gasteiger partial charge in [0.2, 0.25) is 0 Å². The minimum Gasteiger partial charge on any atom is -0.368 e. The molecule has 0 radical (unpaired) electrons. The van der Waals surface area contributed by atoms with Crippen molar-refractivity contribution in [2.24, 2.45) is 0 Å². The number of aliphatic hydroxyl groups is 2. The SMILES string of the molecule is O=C1c2ccccc2C(=O)c2c(CC(O)O)cccc21. The maximum absolute atomic E-state index is 12.5. The van der Waals surface area contributed by atoms with Crippen molar-refractivity contribution in [3.8, 4) is 0 Å². The van der Waals surface area contributed by atoms with Gasteiger partial charge in [0.15, 0.2) is 17.9 Å². The zero-order valence-corrected chi connectivity index (χ0v) is 10.5. The predicted octanol–water partition coefficient (Wildman–Crippen LogP) is 1.32. The van der Waals surface area contributed by atoms with Crippen LogP contribution in [0.25, 0.3) is 0 Å². The Morgan fingerprint density at radius 2 is 1.40 bits per heavy atom. The molecule has 0 heterocycles.